The minimum Gasteiger partial charge on any atom is -0.545 e. The van der Waals surface area contributed by atoms with Crippen LogP contribution in [0.15, 0.2) is 97.3 Å². The maximum atomic E-state index is 14.1. The van der Waals surface area contributed by atoms with Gasteiger partial charge in [-0.05, 0) is 105 Å². The molecular weight excluding hydrogens is 1030 g/mol. The van der Waals surface area contributed by atoms with E-state index in [-0.39, 0.29) is 45.9 Å². The molecule has 21 nitrogen and oxygen atoms in total. The van der Waals surface area contributed by atoms with E-state index < -0.39 is 78.1 Å². The topological polar surface area (TPSA) is 304 Å². The van der Waals surface area contributed by atoms with Gasteiger partial charge in [-0.15, -0.1) is 0 Å². The van der Waals surface area contributed by atoms with Crippen LogP contribution in [0.2, 0.25) is 0 Å². The largest absolute Gasteiger partial charge is 4.00 e. The summed E-state index contributed by atoms with van der Waals surface area (Å²) in [7, 11) is 0. The van der Waals surface area contributed by atoms with E-state index in [4.69, 9.17) is 14.4 Å². The Kier molecular flexibility index (Phi) is 30.2. The second-order valence-corrected chi connectivity index (χ2v) is 16.7. The molecule has 5 rings (SSSR count). The molecule has 2 aromatic carbocycles. The summed E-state index contributed by atoms with van der Waals surface area (Å²) in [6.07, 6.45) is 4.32. The Labute approximate surface area is 438 Å². The molecular formula is C51H62N9O12Tc+. The Morgan fingerprint density at radius 1 is 0.726 bits per heavy atom. The van der Waals surface area contributed by atoms with Crippen LogP contribution in [0.25, 0.3) is 0 Å². The molecule has 0 spiro atoms. The van der Waals surface area contributed by atoms with Gasteiger partial charge in [0, 0.05) is 43.4 Å². The monoisotopic (exact) mass is 1090 g/mol. The number of carbonyl (C=O) groups excluding carboxylic acids is 8. The molecule has 4 aromatic rings. The number of amides is 6. The van der Waals surface area contributed by atoms with Gasteiger partial charge in [0.1, 0.15) is 24.2 Å². The Bertz CT molecular complexity index is 2300. The van der Waals surface area contributed by atoms with Gasteiger partial charge in [0.15, 0.2) is 0 Å². The van der Waals surface area contributed by atoms with Gasteiger partial charge >= 0.3 is 38.1 Å². The molecule has 2 aromatic heterocycles. The van der Waals surface area contributed by atoms with E-state index in [1.165, 1.54) is 4.90 Å². The Morgan fingerprint density at radius 3 is 1.84 bits per heavy atom. The average Bonchev–Trinajstić information content (AvgIpc) is 3.88. The summed E-state index contributed by atoms with van der Waals surface area (Å²) < 4.78 is 0. The molecule has 22 heteroatoms. The van der Waals surface area contributed by atoms with Crippen molar-refractivity contribution in [2.45, 2.75) is 103 Å². The first-order chi connectivity index (χ1) is 34.7. The Morgan fingerprint density at radius 2 is 1.30 bits per heavy atom. The van der Waals surface area contributed by atoms with Crippen molar-refractivity contribution in [3.05, 3.63) is 120 Å². The van der Waals surface area contributed by atoms with Crippen LogP contribution in [0.5, 0.6) is 0 Å². The number of para-hydroxylation sites is 1. The zero-order chi connectivity index (χ0) is 53.6. The summed E-state index contributed by atoms with van der Waals surface area (Å²) in [6.45, 7) is 16.8. The van der Waals surface area contributed by atoms with Crippen molar-refractivity contribution in [1.29, 1.82) is 0 Å². The van der Waals surface area contributed by atoms with E-state index >= 15 is 0 Å². The van der Waals surface area contributed by atoms with Crippen LogP contribution in [-0.4, -0.2) is 129 Å². The number of pyridine rings is 2. The number of carboxylic acids is 2. The van der Waals surface area contributed by atoms with E-state index in [1.54, 1.807) is 56.6 Å². The molecule has 1 aliphatic heterocycles. The summed E-state index contributed by atoms with van der Waals surface area (Å²) >= 11 is 0. The number of unbranched alkanes of at least 4 members (excludes halogenated alkanes) is 1. The van der Waals surface area contributed by atoms with Gasteiger partial charge in [-0.3, -0.25) is 59.2 Å². The standard InChI is InChI=1S/C48H59N9O9.3CHO.Tc/c1-31(2)43(46(63)57-26-12-18-40(57)47(64)65)55-45(62)39(28-42(59)60)53-44(61)38(17-8-11-25-56(29-35-14-6-9-23-49-35)30-36-15-7-10-24-50-36)52-41(58)27-33-19-21-34(22-20-33)51-48(66)54-37-16-5-4-13-32(37)3;3*1-2;/h4-7,9-10,13-16,19-24,31,38-40,43H,8,11-12,17-18,25-30H2,1-3H3,(H,52,58)(H,53,61)(H,55,62)(H,59,60)(H,64,65)(H2,51,54,66);3*1H;/q;3*-1;+4/t38-,39-,40-,43-;;;;/m0..../s1. The van der Waals surface area contributed by atoms with Gasteiger partial charge in [0.2, 0.25) is 23.6 Å². The third-order valence-electron chi connectivity index (χ3n) is 11.1. The molecule has 0 bridgehead atoms. The van der Waals surface area contributed by atoms with E-state index in [2.05, 4.69) is 61.8 Å². The first-order valence-corrected chi connectivity index (χ1v) is 22.8. The number of aromatic nitrogens is 2. The van der Waals surface area contributed by atoms with Crippen molar-refractivity contribution in [3.63, 3.8) is 0 Å². The Balaban J connectivity index is 0.00000367. The molecule has 4 atom stereocenters. The molecule has 1 fully saturated rings. The third-order valence-corrected chi connectivity index (χ3v) is 11.1. The van der Waals surface area contributed by atoms with Crippen molar-refractivity contribution in [2.24, 2.45) is 5.92 Å². The first kappa shape index (κ1) is 63.5. The van der Waals surface area contributed by atoms with Gasteiger partial charge in [0.05, 0.1) is 24.2 Å². The van der Waals surface area contributed by atoms with Crippen LogP contribution < -0.4 is 26.6 Å². The second kappa shape index (κ2) is 34.7. The number of aliphatic carboxylic acids is 2. The number of nitrogens with one attached hydrogen (secondary N) is 5. The molecule has 7 N–H and O–H groups in total. The van der Waals surface area contributed by atoms with Crippen LogP contribution in [0.3, 0.4) is 0 Å². The Hall–Kier alpha value is -7.55. The van der Waals surface area contributed by atoms with Crippen molar-refractivity contribution in [1.82, 2.24) is 35.7 Å². The predicted molar refractivity (Wildman–Crippen MR) is 266 cm³/mol. The number of benzene rings is 2. The number of hydrogen-bond acceptors (Lipinski definition) is 13. The molecule has 1 aliphatic rings. The number of likely N-dealkylation sites (tertiary alicyclic amines) is 1. The summed E-state index contributed by atoms with van der Waals surface area (Å²) in [5, 5.41) is 32.9. The van der Waals surface area contributed by atoms with Gasteiger partial charge in [-0.2, -0.15) is 0 Å². The van der Waals surface area contributed by atoms with E-state index in [0.717, 1.165) is 17.0 Å². The minimum absolute atomic E-state index is 0. The average molecular weight is 1090 g/mol. The quantitative estimate of drug-likeness (QED) is 0.0317. The molecule has 1 radical (unpaired) electrons. The minimum atomic E-state index is -1.65. The molecule has 6 amide bonds. The van der Waals surface area contributed by atoms with Crippen molar-refractivity contribution in [3.8, 4) is 0 Å². The molecule has 0 aliphatic carbocycles. The van der Waals surface area contributed by atoms with Crippen LogP contribution in [0.4, 0.5) is 16.2 Å². The molecule has 73 heavy (non-hydrogen) atoms. The van der Waals surface area contributed by atoms with Crippen molar-refractivity contribution in [2.75, 3.05) is 23.7 Å². The van der Waals surface area contributed by atoms with E-state index in [0.29, 0.717) is 55.8 Å². The summed E-state index contributed by atoms with van der Waals surface area (Å²) in [5.74, 6) is -5.98. The van der Waals surface area contributed by atoms with Crippen LogP contribution >= 0.6 is 0 Å². The maximum Gasteiger partial charge on any atom is 4.00 e. The first-order valence-electron chi connectivity index (χ1n) is 22.8. The van der Waals surface area contributed by atoms with E-state index in [1.807, 2.05) is 61.5 Å². The number of hydrogen-bond donors (Lipinski definition) is 7. The van der Waals surface area contributed by atoms with Crippen LogP contribution in [0.1, 0.15) is 74.9 Å². The fraction of sp³-hybridized carbons (Fsp3) is 0.373. The molecule has 1 saturated heterocycles. The molecule has 389 valence electrons. The van der Waals surface area contributed by atoms with E-state index in [9.17, 15) is 43.8 Å². The summed E-state index contributed by atoms with van der Waals surface area (Å²) in [4.78, 5) is 127. The van der Waals surface area contributed by atoms with Crippen LogP contribution in [-0.2, 0) is 82.8 Å². The summed E-state index contributed by atoms with van der Waals surface area (Å²) in [6, 6.07) is 19.7. The van der Waals surface area contributed by atoms with Crippen LogP contribution in [0, 0.1) is 12.8 Å². The molecule has 0 unspecified atom stereocenters. The number of carboxylic acid groups (broad SMARTS) is 2. The third kappa shape index (κ3) is 22.2. The fourth-order valence-electron chi connectivity index (χ4n) is 7.63. The fourth-order valence-corrected chi connectivity index (χ4v) is 7.63. The normalized spacial score (nSPS) is 13.5. The number of nitrogens with zero attached hydrogens (tertiary/aromatic N) is 4. The molecule has 3 heterocycles. The SMILES string of the molecule is Cc1ccccc1NC(=O)Nc1ccc(CC(=O)N[C@@H](CCCCN(Cc2ccccn2)Cc2ccccn2)C(=O)N[C@@H](CC(=O)O)C(=O)N[C@H](C(=O)N2CCC[C@H]2C(=O)O)C(C)C)cc1.[CH-]=O.[CH-]=O.[CH-]=O.[Tc+4]. The number of aryl methyl sites for hydroxylation is 1. The zero-order valence-electron chi connectivity index (χ0n) is 40.8. The number of urea groups is 1. The number of carbonyl (C=O) groups is 7. The van der Waals surface area contributed by atoms with Crippen molar-refractivity contribution < 1.29 is 78.3 Å². The van der Waals surface area contributed by atoms with Gasteiger partial charge < -0.3 is 56.1 Å². The molecule has 0 saturated carbocycles. The smallest absolute Gasteiger partial charge is 0.545 e. The summed E-state index contributed by atoms with van der Waals surface area (Å²) in [5.41, 5.74) is 4.33. The van der Waals surface area contributed by atoms with Crippen molar-refractivity contribution >= 4 is 73.3 Å². The number of anilines is 2. The predicted octanol–water partition coefficient (Wildman–Crippen LogP) is 3.68. The van der Waals surface area contributed by atoms with Gasteiger partial charge in [-0.25, -0.2) is 9.59 Å². The van der Waals surface area contributed by atoms with Gasteiger partial charge in [-0.1, -0.05) is 56.3 Å². The maximum absolute atomic E-state index is 14.1. The number of rotatable bonds is 23. The van der Waals surface area contributed by atoms with Gasteiger partial charge in [0.25, 0.3) is 0 Å². The second-order valence-electron chi connectivity index (χ2n) is 16.7. The zero-order valence-corrected chi connectivity index (χ0v) is 42.6.